The summed E-state index contributed by atoms with van der Waals surface area (Å²) in [5.74, 6) is -1.56. The van der Waals surface area contributed by atoms with Crippen LogP contribution in [-0.4, -0.2) is 39.0 Å². The van der Waals surface area contributed by atoms with E-state index in [9.17, 15) is 9.59 Å². The minimum Gasteiger partial charge on any atom is -0.480 e. The summed E-state index contributed by atoms with van der Waals surface area (Å²) >= 11 is 0. The topological polar surface area (TPSA) is 121 Å². The van der Waals surface area contributed by atoms with Crippen molar-refractivity contribution in [3.8, 4) is 0 Å². The van der Waals surface area contributed by atoms with Crippen molar-refractivity contribution >= 4 is 11.9 Å². The third-order valence-electron chi connectivity index (χ3n) is 2.37. The number of carboxylic acids is 1. The Morgan fingerprint density at radius 1 is 1.65 bits per heavy atom. The molecule has 0 aromatic carbocycles. The average Bonchev–Trinajstić information content (AvgIpc) is 2.79. The van der Waals surface area contributed by atoms with Crippen molar-refractivity contribution < 1.29 is 14.7 Å². The van der Waals surface area contributed by atoms with Crippen LogP contribution in [0, 0.1) is 0 Å². The van der Waals surface area contributed by atoms with Crippen LogP contribution in [0.2, 0.25) is 0 Å². The van der Waals surface area contributed by atoms with Crippen LogP contribution in [0.5, 0.6) is 0 Å². The van der Waals surface area contributed by atoms with Gasteiger partial charge in [-0.3, -0.25) is 4.79 Å². The molecule has 1 aromatic heterocycles. The van der Waals surface area contributed by atoms with E-state index in [1.54, 1.807) is 6.92 Å². The Balaban J connectivity index is 2.61. The highest BCUT2D eigenvalue weighted by molar-refractivity contribution is 5.86. The number of aromatic nitrogens is 2. The summed E-state index contributed by atoms with van der Waals surface area (Å²) in [5.41, 5.74) is 6.15. The largest absolute Gasteiger partial charge is 0.480 e. The molecule has 1 amide bonds. The third kappa shape index (κ3) is 3.87. The Morgan fingerprint density at radius 3 is 2.82 bits per heavy atom. The molecule has 0 spiro atoms. The molecule has 0 radical (unpaired) electrons. The van der Waals surface area contributed by atoms with E-state index in [4.69, 9.17) is 10.8 Å². The highest BCUT2D eigenvalue weighted by Crippen LogP contribution is 1.99. The monoisotopic (exact) mass is 240 g/mol. The number of aromatic amines is 1. The van der Waals surface area contributed by atoms with Gasteiger partial charge in [0.25, 0.3) is 0 Å². The van der Waals surface area contributed by atoms with Gasteiger partial charge in [0, 0.05) is 18.3 Å². The molecule has 2 atom stereocenters. The van der Waals surface area contributed by atoms with Crippen molar-refractivity contribution in [1.82, 2.24) is 15.3 Å². The molecule has 0 saturated heterocycles. The second-order valence-corrected chi connectivity index (χ2v) is 3.70. The number of amides is 1. The van der Waals surface area contributed by atoms with Gasteiger partial charge in [0.05, 0.1) is 12.4 Å². The van der Waals surface area contributed by atoms with Crippen molar-refractivity contribution in [3.05, 3.63) is 18.2 Å². The van der Waals surface area contributed by atoms with Gasteiger partial charge in [-0.25, -0.2) is 9.78 Å². The van der Waals surface area contributed by atoms with E-state index < -0.39 is 24.0 Å². The smallest absolute Gasteiger partial charge is 0.326 e. The lowest BCUT2D eigenvalue weighted by Crippen LogP contribution is -2.49. The minimum atomic E-state index is -1.10. The summed E-state index contributed by atoms with van der Waals surface area (Å²) in [6.45, 7) is 1.76. The van der Waals surface area contributed by atoms with Crippen LogP contribution in [0.25, 0.3) is 0 Å². The van der Waals surface area contributed by atoms with Crippen LogP contribution >= 0.6 is 0 Å². The molecule has 94 valence electrons. The number of hydrogen-bond donors (Lipinski definition) is 4. The SMILES string of the molecule is CC[C@@H](N)C(=O)N[C@@H](Cc1cnc[nH]1)C(=O)O. The molecule has 0 bridgehead atoms. The van der Waals surface area contributed by atoms with Gasteiger partial charge in [0.15, 0.2) is 0 Å². The first kappa shape index (κ1) is 13.2. The molecule has 17 heavy (non-hydrogen) atoms. The van der Waals surface area contributed by atoms with E-state index in [1.807, 2.05) is 0 Å². The fourth-order valence-corrected chi connectivity index (χ4v) is 1.28. The molecule has 0 fully saturated rings. The first-order valence-corrected chi connectivity index (χ1v) is 5.30. The van der Waals surface area contributed by atoms with Crippen molar-refractivity contribution in [2.75, 3.05) is 0 Å². The van der Waals surface area contributed by atoms with Crippen LogP contribution in [-0.2, 0) is 16.0 Å². The number of nitrogens with zero attached hydrogens (tertiary/aromatic N) is 1. The summed E-state index contributed by atoms with van der Waals surface area (Å²) in [6, 6.07) is -1.68. The fraction of sp³-hybridized carbons (Fsp3) is 0.500. The highest BCUT2D eigenvalue weighted by Gasteiger charge is 2.23. The second-order valence-electron chi connectivity index (χ2n) is 3.70. The Kier molecular flexibility index (Phi) is 4.65. The molecular formula is C10H16N4O3. The fourth-order valence-electron chi connectivity index (χ4n) is 1.28. The zero-order valence-electron chi connectivity index (χ0n) is 9.51. The number of nitrogens with one attached hydrogen (secondary N) is 2. The van der Waals surface area contributed by atoms with E-state index in [2.05, 4.69) is 15.3 Å². The summed E-state index contributed by atoms with van der Waals surface area (Å²) < 4.78 is 0. The molecule has 0 unspecified atom stereocenters. The Bertz CT molecular complexity index is 377. The number of carboxylic acid groups (broad SMARTS) is 1. The number of carbonyl (C=O) groups excluding carboxylic acids is 1. The van der Waals surface area contributed by atoms with Gasteiger partial charge in [-0.1, -0.05) is 6.92 Å². The molecule has 0 aliphatic carbocycles. The lowest BCUT2D eigenvalue weighted by molar-refractivity contribution is -0.142. The van der Waals surface area contributed by atoms with Gasteiger partial charge in [0.2, 0.25) is 5.91 Å². The van der Waals surface area contributed by atoms with E-state index in [1.165, 1.54) is 12.5 Å². The lowest BCUT2D eigenvalue weighted by atomic mass is 10.1. The first-order chi connectivity index (χ1) is 8.04. The lowest BCUT2D eigenvalue weighted by Gasteiger charge is -2.16. The summed E-state index contributed by atoms with van der Waals surface area (Å²) in [5, 5.41) is 11.4. The standard InChI is InChI=1S/C10H16N4O3/c1-2-7(11)9(15)14-8(10(16)17)3-6-4-12-5-13-6/h4-5,7-8H,2-3,11H2,1H3,(H,12,13)(H,14,15)(H,16,17)/t7-,8+/m1/s1. The van der Waals surface area contributed by atoms with Gasteiger partial charge < -0.3 is 21.1 Å². The molecule has 1 rings (SSSR count). The van der Waals surface area contributed by atoms with Gasteiger partial charge in [-0.15, -0.1) is 0 Å². The Morgan fingerprint density at radius 2 is 2.35 bits per heavy atom. The zero-order valence-corrected chi connectivity index (χ0v) is 9.51. The number of aliphatic carboxylic acids is 1. The molecule has 0 aliphatic heterocycles. The van der Waals surface area contributed by atoms with E-state index in [-0.39, 0.29) is 6.42 Å². The predicted molar refractivity (Wildman–Crippen MR) is 60.1 cm³/mol. The quantitative estimate of drug-likeness (QED) is 0.521. The molecular weight excluding hydrogens is 224 g/mol. The van der Waals surface area contributed by atoms with Crippen molar-refractivity contribution in [1.29, 1.82) is 0 Å². The molecule has 1 heterocycles. The molecule has 7 nitrogen and oxygen atoms in total. The number of H-pyrrole nitrogens is 1. The van der Waals surface area contributed by atoms with Gasteiger partial charge in [0.1, 0.15) is 6.04 Å². The maximum atomic E-state index is 11.5. The van der Waals surface area contributed by atoms with E-state index in [0.29, 0.717) is 12.1 Å². The van der Waals surface area contributed by atoms with Crippen LogP contribution in [0.3, 0.4) is 0 Å². The highest BCUT2D eigenvalue weighted by atomic mass is 16.4. The maximum absolute atomic E-state index is 11.5. The van der Waals surface area contributed by atoms with Gasteiger partial charge in [-0.2, -0.15) is 0 Å². The van der Waals surface area contributed by atoms with Crippen LogP contribution in [0.4, 0.5) is 0 Å². The van der Waals surface area contributed by atoms with Crippen LogP contribution in [0.1, 0.15) is 19.0 Å². The predicted octanol–water partition coefficient (Wildman–Crippen LogP) is -0.741. The molecule has 0 aliphatic rings. The Hall–Kier alpha value is -1.89. The minimum absolute atomic E-state index is 0.150. The van der Waals surface area contributed by atoms with Crippen molar-refractivity contribution in [3.63, 3.8) is 0 Å². The van der Waals surface area contributed by atoms with Crippen LogP contribution in [0.15, 0.2) is 12.5 Å². The van der Waals surface area contributed by atoms with Crippen molar-refractivity contribution in [2.45, 2.75) is 31.8 Å². The van der Waals surface area contributed by atoms with Crippen LogP contribution < -0.4 is 11.1 Å². The summed E-state index contributed by atoms with van der Waals surface area (Å²) in [6.07, 6.45) is 3.58. The average molecular weight is 240 g/mol. The third-order valence-corrected chi connectivity index (χ3v) is 2.37. The Labute approximate surface area is 98.4 Å². The molecule has 5 N–H and O–H groups in total. The van der Waals surface area contributed by atoms with E-state index >= 15 is 0 Å². The number of nitrogens with two attached hydrogens (primary N) is 1. The first-order valence-electron chi connectivity index (χ1n) is 5.30. The normalized spacial score (nSPS) is 14.0. The maximum Gasteiger partial charge on any atom is 0.326 e. The summed E-state index contributed by atoms with van der Waals surface area (Å²) in [7, 11) is 0. The van der Waals surface area contributed by atoms with Gasteiger partial charge >= 0.3 is 5.97 Å². The molecule has 7 heteroatoms. The molecule has 0 saturated carbocycles. The second kappa shape index (κ2) is 6.00. The zero-order chi connectivity index (χ0) is 12.8. The molecule has 1 aromatic rings. The van der Waals surface area contributed by atoms with Crippen molar-refractivity contribution in [2.24, 2.45) is 5.73 Å². The number of hydrogen-bond acceptors (Lipinski definition) is 4. The van der Waals surface area contributed by atoms with E-state index in [0.717, 1.165) is 0 Å². The summed E-state index contributed by atoms with van der Waals surface area (Å²) in [4.78, 5) is 29.0. The number of carbonyl (C=O) groups is 2. The van der Waals surface area contributed by atoms with Gasteiger partial charge in [-0.05, 0) is 6.42 Å². The number of rotatable bonds is 6. The number of imidazole rings is 1.